The van der Waals surface area contributed by atoms with Crippen LogP contribution in [0, 0.1) is 0 Å². The first-order valence-electron chi connectivity index (χ1n) is 7.97. The van der Waals surface area contributed by atoms with Crippen molar-refractivity contribution in [2.45, 2.75) is 32.8 Å². The number of amides is 2. The second kappa shape index (κ2) is 8.52. The van der Waals surface area contributed by atoms with Crippen molar-refractivity contribution in [3.05, 3.63) is 35.3 Å². The van der Waals surface area contributed by atoms with E-state index in [9.17, 15) is 9.59 Å². The maximum Gasteiger partial charge on any atom is 0.413 e. The average molecular weight is 378 g/mol. The minimum Gasteiger partial charge on any atom is -0.444 e. The molecule has 2 rings (SSSR count). The van der Waals surface area contributed by atoms with E-state index in [2.05, 4.69) is 15.6 Å². The molecule has 4 N–H and O–H groups in total. The number of carbonyl (C=O) groups excluding carboxylic acids is 2. The van der Waals surface area contributed by atoms with Crippen LogP contribution in [-0.2, 0) is 11.2 Å². The summed E-state index contributed by atoms with van der Waals surface area (Å²) in [5, 5.41) is 7.46. The number of carbonyl (C=O) groups is 2. The SMILES string of the molecule is CC(C)(C)OC(=O)Nc1nc(CCNC(=O)Oc2ccc(N)cc2)cs1. The van der Waals surface area contributed by atoms with Gasteiger partial charge in [0.05, 0.1) is 5.69 Å². The van der Waals surface area contributed by atoms with E-state index in [-0.39, 0.29) is 0 Å². The molecule has 9 heteroatoms. The molecule has 1 aromatic carbocycles. The number of nitrogens with one attached hydrogen (secondary N) is 2. The maximum absolute atomic E-state index is 11.7. The zero-order valence-electron chi connectivity index (χ0n) is 14.9. The molecule has 0 radical (unpaired) electrons. The van der Waals surface area contributed by atoms with Gasteiger partial charge in [0.25, 0.3) is 0 Å². The topological polar surface area (TPSA) is 116 Å². The van der Waals surface area contributed by atoms with Crippen molar-refractivity contribution in [2.75, 3.05) is 17.6 Å². The highest BCUT2D eigenvalue weighted by Gasteiger charge is 2.17. The number of nitrogen functional groups attached to an aromatic ring is 1. The summed E-state index contributed by atoms with van der Waals surface area (Å²) < 4.78 is 10.3. The largest absolute Gasteiger partial charge is 0.444 e. The Kier molecular flexibility index (Phi) is 6.40. The van der Waals surface area contributed by atoms with Crippen LogP contribution in [0.5, 0.6) is 5.75 Å². The number of thiazole rings is 1. The van der Waals surface area contributed by atoms with Gasteiger partial charge in [-0.05, 0) is 45.0 Å². The number of ether oxygens (including phenoxy) is 2. The highest BCUT2D eigenvalue weighted by Crippen LogP contribution is 2.17. The molecule has 1 heterocycles. The molecule has 0 saturated heterocycles. The molecule has 2 amide bonds. The molecular weight excluding hydrogens is 356 g/mol. The molecule has 0 aliphatic rings. The summed E-state index contributed by atoms with van der Waals surface area (Å²) in [4.78, 5) is 27.7. The molecule has 0 atom stereocenters. The van der Waals surface area contributed by atoms with Gasteiger partial charge >= 0.3 is 12.2 Å². The molecule has 2 aromatic rings. The van der Waals surface area contributed by atoms with Gasteiger partial charge in [-0.3, -0.25) is 5.32 Å². The fourth-order valence-corrected chi connectivity index (χ4v) is 2.57. The van der Waals surface area contributed by atoms with E-state index in [1.807, 2.05) is 0 Å². The molecular formula is C17H22N4O4S. The molecule has 1 aromatic heterocycles. The van der Waals surface area contributed by atoms with E-state index in [4.69, 9.17) is 15.2 Å². The fraction of sp³-hybridized carbons (Fsp3) is 0.353. The number of benzene rings is 1. The lowest BCUT2D eigenvalue weighted by Crippen LogP contribution is -2.28. The first kappa shape index (κ1) is 19.5. The first-order chi connectivity index (χ1) is 12.2. The van der Waals surface area contributed by atoms with Crippen LogP contribution in [0.2, 0.25) is 0 Å². The number of hydrogen-bond donors (Lipinski definition) is 3. The highest BCUT2D eigenvalue weighted by molar-refractivity contribution is 7.13. The smallest absolute Gasteiger partial charge is 0.413 e. The highest BCUT2D eigenvalue weighted by atomic mass is 32.1. The second-order valence-corrected chi connectivity index (χ2v) is 7.26. The van der Waals surface area contributed by atoms with Crippen LogP contribution in [0.4, 0.5) is 20.4 Å². The summed E-state index contributed by atoms with van der Waals surface area (Å²) in [6.45, 7) is 5.71. The van der Waals surface area contributed by atoms with E-state index in [1.54, 1.807) is 50.4 Å². The van der Waals surface area contributed by atoms with E-state index < -0.39 is 17.8 Å². The Morgan fingerprint density at radius 3 is 2.54 bits per heavy atom. The summed E-state index contributed by atoms with van der Waals surface area (Å²) >= 11 is 1.29. The van der Waals surface area contributed by atoms with Crippen molar-refractivity contribution in [1.82, 2.24) is 10.3 Å². The molecule has 140 valence electrons. The molecule has 0 aliphatic carbocycles. The van der Waals surface area contributed by atoms with E-state index in [0.717, 1.165) is 5.69 Å². The standard InChI is InChI=1S/C17H22N4O4S/c1-17(2,3)25-16(23)21-14-20-12(10-26-14)8-9-19-15(22)24-13-6-4-11(18)5-7-13/h4-7,10H,8-9,18H2,1-3H3,(H,19,22)(H,20,21,23). The number of nitrogens with two attached hydrogens (primary N) is 1. The third-order valence-corrected chi connectivity index (χ3v) is 3.71. The number of anilines is 2. The van der Waals surface area contributed by atoms with Gasteiger partial charge in [0.1, 0.15) is 11.4 Å². The van der Waals surface area contributed by atoms with E-state index in [0.29, 0.717) is 29.5 Å². The third-order valence-electron chi connectivity index (χ3n) is 2.90. The van der Waals surface area contributed by atoms with Gasteiger partial charge in [-0.25, -0.2) is 14.6 Å². The normalized spacial score (nSPS) is 10.9. The number of nitrogens with zero attached hydrogens (tertiary/aromatic N) is 1. The summed E-state index contributed by atoms with van der Waals surface area (Å²) in [6, 6.07) is 6.53. The number of aromatic nitrogens is 1. The van der Waals surface area contributed by atoms with Crippen LogP contribution in [0.3, 0.4) is 0 Å². The van der Waals surface area contributed by atoms with Gasteiger partial charge in [-0.15, -0.1) is 11.3 Å². The fourth-order valence-electron chi connectivity index (χ4n) is 1.84. The third kappa shape index (κ3) is 6.98. The van der Waals surface area contributed by atoms with Crippen LogP contribution < -0.4 is 21.1 Å². The Morgan fingerprint density at radius 2 is 1.88 bits per heavy atom. The quantitative estimate of drug-likeness (QED) is 0.687. The molecule has 8 nitrogen and oxygen atoms in total. The molecule has 26 heavy (non-hydrogen) atoms. The van der Waals surface area contributed by atoms with Crippen LogP contribution in [-0.4, -0.2) is 29.3 Å². The Morgan fingerprint density at radius 1 is 1.19 bits per heavy atom. The molecule has 0 spiro atoms. The number of rotatable bonds is 5. The Labute approximate surface area is 155 Å². The van der Waals surface area contributed by atoms with E-state index >= 15 is 0 Å². The minimum atomic E-state index is -0.571. The van der Waals surface area contributed by atoms with Crippen LogP contribution in [0.1, 0.15) is 26.5 Å². The van der Waals surface area contributed by atoms with Crippen molar-refractivity contribution < 1.29 is 19.1 Å². The van der Waals surface area contributed by atoms with Gasteiger partial charge in [-0.1, -0.05) is 0 Å². The lowest BCUT2D eigenvalue weighted by molar-refractivity contribution is 0.0636. The zero-order valence-corrected chi connectivity index (χ0v) is 15.7. The Bertz CT molecular complexity index is 753. The lowest BCUT2D eigenvalue weighted by Gasteiger charge is -2.18. The lowest BCUT2D eigenvalue weighted by atomic mass is 10.2. The van der Waals surface area contributed by atoms with Gasteiger partial charge in [-0.2, -0.15) is 0 Å². The predicted molar refractivity (Wildman–Crippen MR) is 101 cm³/mol. The van der Waals surface area contributed by atoms with Crippen LogP contribution in [0.25, 0.3) is 0 Å². The van der Waals surface area contributed by atoms with Gasteiger partial charge in [0.15, 0.2) is 5.13 Å². The zero-order chi connectivity index (χ0) is 19.2. The van der Waals surface area contributed by atoms with Crippen molar-refractivity contribution >= 4 is 34.3 Å². The predicted octanol–water partition coefficient (Wildman–Crippen LogP) is 3.40. The van der Waals surface area contributed by atoms with Crippen molar-refractivity contribution in [1.29, 1.82) is 0 Å². The first-order valence-corrected chi connectivity index (χ1v) is 8.85. The monoisotopic (exact) mass is 378 g/mol. The molecule has 0 aliphatic heterocycles. The summed E-state index contributed by atoms with van der Waals surface area (Å²) in [6.07, 6.45) is -0.607. The Hall–Kier alpha value is -2.81. The summed E-state index contributed by atoms with van der Waals surface area (Å²) in [5.74, 6) is 0.411. The number of hydrogen-bond acceptors (Lipinski definition) is 7. The maximum atomic E-state index is 11.7. The van der Waals surface area contributed by atoms with Crippen molar-refractivity contribution in [3.8, 4) is 5.75 Å². The molecule has 0 unspecified atom stereocenters. The summed E-state index contributed by atoms with van der Waals surface area (Å²) in [5.41, 5.74) is 6.34. The molecule has 0 fully saturated rings. The van der Waals surface area contributed by atoms with Crippen LogP contribution in [0.15, 0.2) is 29.6 Å². The molecule has 0 bridgehead atoms. The van der Waals surface area contributed by atoms with E-state index in [1.165, 1.54) is 11.3 Å². The minimum absolute atomic E-state index is 0.351. The van der Waals surface area contributed by atoms with Crippen molar-refractivity contribution in [3.63, 3.8) is 0 Å². The molecule has 0 saturated carbocycles. The van der Waals surface area contributed by atoms with Crippen LogP contribution >= 0.6 is 11.3 Å². The average Bonchev–Trinajstić information content (AvgIpc) is 2.95. The van der Waals surface area contributed by atoms with Gasteiger partial charge < -0.3 is 20.5 Å². The summed E-state index contributed by atoms with van der Waals surface area (Å²) in [7, 11) is 0. The Balaban J connectivity index is 1.73. The second-order valence-electron chi connectivity index (χ2n) is 6.41. The van der Waals surface area contributed by atoms with Gasteiger partial charge in [0, 0.05) is 24.0 Å². The van der Waals surface area contributed by atoms with Crippen molar-refractivity contribution in [2.24, 2.45) is 0 Å². The van der Waals surface area contributed by atoms with Gasteiger partial charge in [0.2, 0.25) is 0 Å².